The summed E-state index contributed by atoms with van der Waals surface area (Å²) >= 11 is 0. The van der Waals surface area contributed by atoms with E-state index in [-0.39, 0.29) is 24.4 Å². The zero-order chi connectivity index (χ0) is 17.9. The van der Waals surface area contributed by atoms with Gasteiger partial charge in [0, 0.05) is 5.39 Å². The Hall–Kier alpha value is -2.32. The van der Waals surface area contributed by atoms with E-state index in [1.54, 1.807) is 6.92 Å². The van der Waals surface area contributed by atoms with Crippen molar-refractivity contribution in [2.75, 3.05) is 13.6 Å². The average Bonchev–Trinajstić information content (AvgIpc) is 2.97. The fourth-order valence-corrected chi connectivity index (χ4v) is 2.42. The summed E-state index contributed by atoms with van der Waals surface area (Å²) in [6, 6.07) is 12.0. The van der Waals surface area contributed by atoms with Crippen molar-refractivity contribution in [3.8, 4) is 6.07 Å². The summed E-state index contributed by atoms with van der Waals surface area (Å²) in [4.78, 5) is 14.2. The van der Waals surface area contributed by atoms with Crippen LogP contribution in [0, 0.1) is 17.2 Å². The molecule has 5 heteroatoms. The number of carbonyl (C=O) groups excluding carboxylic acids is 1. The summed E-state index contributed by atoms with van der Waals surface area (Å²) in [5.41, 5.74) is -0.0189. The molecule has 0 radical (unpaired) electrons. The molecule has 0 saturated heterocycles. The predicted octanol–water partition coefficient (Wildman–Crippen LogP) is 3.48. The Morgan fingerprint density at radius 1 is 1.38 bits per heavy atom. The summed E-state index contributed by atoms with van der Waals surface area (Å²) in [7, 11) is 1.87. The fourth-order valence-electron chi connectivity index (χ4n) is 2.42. The first-order valence-electron chi connectivity index (χ1n) is 8.18. The van der Waals surface area contributed by atoms with Crippen molar-refractivity contribution < 1.29 is 9.21 Å². The molecule has 128 valence electrons. The lowest BCUT2D eigenvalue weighted by atomic mass is 9.90. The summed E-state index contributed by atoms with van der Waals surface area (Å²) < 4.78 is 5.87. The predicted molar refractivity (Wildman–Crippen MR) is 94.3 cm³/mol. The van der Waals surface area contributed by atoms with Crippen molar-refractivity contribution in [2.45, 2.75) is 39.3 Å². The van der Waals surface area contributed by atoms with Gasteiger partial charge in [0.25, 0.3) is 0 Å². The zero-order valence-corrected chi connectivity index (χ0v) is 15.0. The standard InChI is InChI=1S/C19H25N3O2/c1-13(2)19(4,12-20)21-18(23)11-22(5)14(3)17-10-15-8-6-7-9-16(15)24-17/h6-10,13-14H,11H2,1-5H3,(H,21,23). The molecule has 0 aliphatic carbocycles. The molecule has 2 atom stereocenters. The van der Waals surface area contributed by atoms with E-state index in [0.29, 0.717) is 0 Å². The molecule has 1 heterocycles. The molecule has 1 N–H and O–H groups in total. The number of nitrogens with one attached hydrogen (secondary N) is 1. The van der Waals surface area contributed by atoms with E-state index in [1.807, 2.05) is 63.1 Å². The Labute approximate surface area is 143 Å². The van der Waals surface area contributed by atoms with E-state index >= 15 is 0 Å². The van der Waals surface area contributed by atoms with Crippen molar-refractivity contribution >= 4 is 16.9 Å². The van der Waals surface area contributed by atoms with Crippen LogP contribution in [0.5, 0.6) is 0 Å². The molecule has 5 nitrogen and oxygen atoms in total. The highest BCUT2D eigenvalue weighted by atomic mass is 16.3. The second kappa shape index (κ2) is 7.06. The van der Waals surface area contributed by atoms with Gasteiger partial charge in [0.1, 0.15) is 16.9 Å². The highest BCUT2D eigenvalue weighted by Crippen LogP contribution is 2.26. The van der Waals surface area contributed by atoms with Gasteiger partial charge in [-0.1, -0.05) is 32.0 Å². The van der Waals surface area contributed by atoms with Crippen LogP contribution in [0.15, 0.2) is 34.7 Å². The minimum atomic E-state index is -0.861. The normalized spacial score (nSPS) is 15.2. The highest BCUT2D eigenvalue weighted by Gasteiger charge is 2.30. The topological polar surface area (TPSA) is 69.3 Å². The Kier molecular flexibility index (Phi) is 5.30. The minimum absolute atomic E-state index is 0.0320. The number of hydrogen-bond donors (Lipinski definition) is 1. The Bertz CT molecular complexity index is 726. The van der Waals surface area contributed by atoms with E-state index in [0.717, 1.165) is 16.7 Å². The maximum Gasteiger partial charge on any atom is 0.235 e. The highest BCUT2D eigenvalue weighted by molar-refractivity contribution is 5.79. The van der Waals surface area contributed by atoms with E-state index in [1.165, 1.54) is 0 Å². The van der Waals surface area contributed by atoms with Gasteiger partial charge in [-0.3, -0.25) is 9.69 Å². The summed E-state index contributed by atoms with van der Waals surface area (Å²) in [5, 5.41) is 13.2. The number of benzene rings is 1. The number of amides is 1. The van der Waals surface area contributed by atoms with Crippen LogP contribution >= 0.6 is 0 Å². The smallest absolute Gasteiger partial charge is 0.235 e. The second-order valence-electron chi connectivity index (χ2n) is 6.79. The van der Waals surface area contributed by atoms with E-state index < -0.39 is 5.54 Å². The third kappa shape index (κ3) is 3.77. The number of likely N-dealkylation sites (N-methyl/N-ethyl adjacent to an activating group) is 1. The van der Waals surface area contributed by atoms with Crippen LogP contribution in [-0.4, -0.2) is 29.9 Å². The summed E-state index contributed by atoms with van der Waals surface area (Å²) in [6.07, 6.45) is 0. The Morgan fingerprint density at radius 3 is 2.62 bits per heavy atom. The van der Waals surface area contributed by atoms with Crippen LogP contribution in [-0.2, 0) is 4.79 Å². The zero-order valence-electron chi connectivity index (χ0n) is 15.0. The van der Waals surface area contributed by atoms with Crippen LogP contribution in [0.1, 0.15) is 39.5 Å². The quantitative estimate of drug-likeness (QED) is 0.882. The molecule has 2 unspecified atom stereocenters. The first kappa shape index (κ1) is 18.0. The van der Waals surface area contributed by atoms with E-state index in [9.17, 15) is 10.1 Å². The largest absolute Gasteiger partial charge is 0.459 e. The minimum Gasteiger partial charge on any atom is -0.459 e. The van der Waals surface area contributed by atoms with Gasteiger partial charge in [-0.2, -0.15) is 5.26 Å². The van der Waals surface area contributed by atoms with Gasteiger partial charge >= 0.3 is 0 Å². The van der Waals surface area contributed by atoms with Crippen LogP contribution < -0.4 is 5.32 Å². The lowest BCUT2D eigenvalue weighted by Crippen LogP contribution is -2.51. The number of nitriles is 1. The van der Waals surface area contributed by atoms with Crippen LogP contribution in [0.3, 0.4) is 0 Å². The van der Waals surface area contributed by atoms with Gasteiger partial charge in [-0.25, -0.2) is 0 Å². The summed E-state index contributed by atoms with van der Waals surface area (Å²) in [6.45, 7) is 7.78. The average molecular weight is 327 g/mol. The SMILES string of the molecule is CC(c1cc2ccccc2o1)N(C)CC(=O)NC(C)(C#N)C(C)C. The van der Waals surface area contributed by atoms with Gasteiger partial charge in [-0.05, 0) is 38.9 Å². The van der Waals surface area contributed by atoms with Gasteiger partial charge < -0.3 is 9.73 Å². The number of rotatable bonds is 6. The molecule has 0 aliphatic heterocycles. The number of furan rings is 1. The second-order valence-corrected chi connectivity index (χ2v) is 6.79. The molecule has 1 aromatic heterocycles. The molecule has 0 saturated carbocycles. The maximum atomic E-state index is 12.3. The van der Waals surface area contributed by atoms with Crippen LogP contribution in [0.4, 0.5) is 0 Å². The van der Waals surface area contributed by atoms with E-state index in [4.69, 9.17) is 4.42 Å². The number of para-hydroxylation sites is 1. The molecular formula is C19H25N3O2. The number of nitrogens with zero attached hydrogens (tertiary/aromatic N) is 2. The first-order valence-corrected chi connectivity index (χ1v) is 8.18. The third-order valence-electron chi connectivity index (χ3n) is 4.70. The maximum absolute atomic E-state index is 12.3. The van der Waals surface area contributed by atoms with Crippen molar-refractivity contribution in [3.63, 3.8) is 0 Å². The molecule has 24 heavy (non-hydrogen) atoms. The number of hydrogen-bond acceptors (Lipinski definition) is 4. The Morgan fingerprint density at radius 2 is 2.04 bits per heavy atom. The van der Waals surface area contributed by atoms with Crippen molar-refractivity contribution in [3.05, 3.63) is 36.1 Å². The van der Waals surface area contributed by atoms with Gasteiger partial charge in [0.05, 0.1) is 18.7 Å². The van der Waals surface area contributed by atoms with E-state index in [2.05, 4.69) is 11.4 Å². The van der Waals surface area contributed by atoms with Gasteiger partial charge in [0.2, 0.25) is 5.91 Å². The van der Waals surface area contributed by atoms with Crippen molar-refractivity contribution in [2.24, 2.45) is 5.92 Å². The van der Waals surface area contributed by atoms with Crippen molar-refractivity contribution in [1.82, 2.24) is 10.2 Å². The molecule has 0 aliphatic rings. The molecule has 1 aromatic carbocycles. The third-order valence-corrected chi connectivity index (χ3v) is 4.70. The summed E-state index contributed by atoms with van der Waals surface area (Å²) in [5.74, 6) is 0.682. The molecule has 1 amide bonds. The molecule has 2 aromatic rings. The monoisotopic (exact) mass is 327 g/mol. The molecule has 0 fully saturated rings. The first-order chi connectivity index (χ1) is 11.3. The lowest BCUT2D eigenvalue weighted by molar-refractivity contribution is -0.124. The van der Waals surface area contributed by atoms with Crippen molar-refractivity contribution in [1.29, 1.82) is 5.26 Å². The number of fused-ring (bicyclic) bond motifs is 1. The number of carbonyl (C=O) groups is 1. The van der Waals surface area contributed by atoms with Gasteiger partial charge in [0.15, 0.2) is 0 Å². The molecule has 2 rings (SSSR count). The molecular weight excluding hydrogens is 302 g/mol. The Balaban J connectivity index is 2.04. The van der Waals surface area contributed by atoms with Crippen LogP contribution in [0.2, 0.25) is 0 Å². The van der Waals surface area contributed by atoms with Gasteiger partial charge in [-0.15, -0.1) is 0 Å². The molecule has 0 bridgehead atoms. The van der Waals surface area contributed by atoms with Crippen LogP contribution in [0.25, 0.3) is 11.0 Å². The fraction of sp³-hybridized carbons (Fsp3) is 0.474. The lowest BCUT2D eigenvalue weighted by Gasteiger charge is -2.29. The molecule has 0 spiro atoms.